The molecule has 0 radical (unpaired) electrons. The maximum Gasteiger partial charge on any atom is 0.246 e. The Hall–Kier alpha value is -6.97. The van der Waals surface area contributed by atoms with Crippen molar-refractivity contribution in [2.75, 3.05) is 130 Å². The van der Waals surface area contributed by atoms with E-state index in [1.165, 1.54) is 11.0 Å². The zero-order valence-electron chi connectivity index (χ0n) is 52.2. The summed E-state index contributed by atoms with van der Waals surface area (Å²) in [5.41, 5.74) is 4.51. The van der Waals surface area contributed by atoms with E-state index in [0.29, 0.717) is 114 Å². The standard InChI is InChI=1S/C65H84ClFN10O12S/c1-41(43-15-17-44(18-16-43)59-42(2)69-40-90-59)70-62(83)52-36-47(79)38-77(52)63(84)60(65(3,4)5)71-53(80)39-89-33-32-88-31-30-87-29-28-86-27-26-85-25-11-10-14-55(82)75-21-23-76(24-22-75)61-50-37-51(66)56(49-35-46(78)34-45-12-8-9-13-48(45)49)57(67)58(50)72-64(73-61)68-20-19-54(81)74(6)7/h8-10,12-18,34-35,37,40-41,47,52,54,60,78-79,81H,11,19-33,36,38-39H2,1-7H3,(H,70,83)(H,71,80)(H,68,72,73)/b14-10+/t41-,47+,52-,54?,60+/m0/s1. The second-order valence-corrected chi connectivity index (χ2v) is 24.8. The van der Waals surface area contributed by atoms with Crippen LogP contribution in [-0.4, -0.2) is 212 Å². The number of phenols is 1. The van der Waals surface area contributed by atoms with E-state index in [1.54, 1.807) is 59.5 Å². The van der Waals surface area contributed by atoms with Crippen LogP contribution < -0.4 is 20.9 Å². The third kappa shape index (κ3) is 18.6. The predicted octanol–water partition coefficient (Wildman–Crippen LogP) is 7.11. The molecule has 8 rings (SSSR count). The number of amides is 4. The molecule has 2 fully saturated rings. The van der Waals surface area contributed by atoms with Gasteiger partial charge in [-0.25, -0.2) is 14.4 Å². The minimum Gasteiger partial charge on any atom is -0.508 e. The number of hydrogen-bond donors (Lipinski definition) is 6. The Labute approximate surface area is 533 Å². The summed E-state index contributed by atoms with van der Waals surface area (Å²) in [7, 11) is 3.53. The fraction of sp³-hybridized carbons (Fsp3) is 0.492. The monoisotopic (exact) mass is 1280 g/mol. The number of likely N-dealkylation sites (tertiary alicyclic amines) is 1. The van der Waals surface area contributed by atoms with Crippen molar-refractivity contribution < 1.29 is 62.6 Å². The zero-order valence-corrected chi connectivity index (χ0v) is 53.8. The van der Waals surface area contributed by atoms with E-state index < -0.39 is 47.5 Å². The number of phenolic OH excluding ortho intramolecular Hbond substituents is 1. The molecular formula is C65H84ClFN10O12S. The Morgan fingerprint density at radius 2 is 1.52 bits per heavy atom. The first-order valence-corrected chi connectivity index (χ1v) is 31.6. The smallest absolute Gasteiger partial charge is 0.246 e. The quantitative estimate of drug-likeness (QED) is 0.0144. The third-order valence-electron chi connectivity index (χ3n) is 15.6. The van der Waals surface area contributed by atoms with Gasteiger partial charge in [-0.15, -0.1) is 11.3 Å². The number of β-amino-alcohol motifs (C(OH)–C–C–N with tert-alkyl or cyclic N) is 1. The Balaban J connectivity index is 0.673. The number of thiazole rings is 1. The van der Waals surface area contributed by atoms with E-state index in [1.807, 2.05) is 93.6 Å². The van der Waals surface area contributed by atoms with Crippen LogP contribution in [0.2, 0.25) is 5.02 Å². The van der Waals surface area contributed by atoms with Gasteiger partial charge in [0.1, 0.15) is 42.0 Å². The maximum atomic E-state index is 17.0. The number of nitrogens with one attached hydrogen (secondary N) is 3. The summed E-state index contributed by atoms with van der Waals surface area (Å²) in [5.74, 6) is -1.59. The SMILES string of the molecule is Cc1ncsc1-c1ccc([C@H](C)NC(=O)[C@@H]2C[C@@H](O)CN2C(=O)[C@@H](NC(=O)COCCOCCOCCOCCOCC/C=C/C(=O)N2CCN(c3nc(NCCC(O)N(C)C)nc4c(F)c(-c5cc(O)cc6ccccc56)c(Cl)cc34)CC2)C(C)(C)C)cc1. The first kappa shape index (κ1) is 68.9. The van der Waals surface area contributed by atoms with Crippen molar-refractivity contribution in [3.8, 4) is 27.3 Å². The number of aromatic hydroxyl groups is 1. The molecule has 2 saturated heterocycles. The van der Waals surface area contributed by atoms with Gasteiger partial charge < -0.3 is 69.7 Å². The molecule has 6 aromatic rings. The molecule has 0 spiro atoms. The topological polar surface area (TPSA) is 263 Å². The van der Waals surface area contributed by atoms with Gasteiger partial charge in [-0.1, -0.05) is 87.0 Å². The molecule has 0 bridgehead atoms. The number of carbonyl (C=O) groups is 4. The average molecular weight is 1280 g/mol. The minimum absolute atomic E-state index is 0.0342. The maximum absolute atomic E-state index is 17.0. The molecule has 1 unspecified atom stereocenters. The van der Waals surface area contributed by atoms with E-state index in [0.717, 1.165) is 27.1 Å². The zero-order chi connectivity index (χ0) is 64.5. The van der Waals surface area contributed by atoms with Crippen molar-refractivity contribution in [1.29, 1.82) is 0 Å². The predicted molar refractivity (Wildman–Crippen MR) is 345 cm³/mol. The Bertz CT molecular complexity index is 3420. The molecule has 486 valence electrons. The van der Waals surface area contributed by atoms with Gasteiger partial charge >= 0.3 is 0 Å². The molecule has 4 aromatic carbocycles. The molecule has 22 nitrogen and oxygen atoms in total. The number of aliphatic hydroxyl groups excluding tert-OH is 2. The van der Waals surface area contributed by atoms with Gasteiger partial charge in [-0.2, -0.15) is 4.98 Å². The number of aliphatic hydroxyl groups is 2. The fourth-order valence-electron chi connectivity index (χ4n) is 10.7. The van der Waals surface area contributed by atoms with Crippen LogP contribution >= 0.6 is 22.9 Å². The highest BCUT2D eigenvalue weighted by molar-refractivity contribution is 7.13. The van der Waals surface area contributed by atoms with Crippen LogP contribution in [0.25, 0.3) is 43.2 Å². The number of carbonyl (C=O) groups excluding carboxylic acids is 4. The van der Waals surface area contributed by atoms with Gasteiger partial charge in [-0.05, 0) is 91.5 Å². The van der Waals surface area contributed by atoms with Crippen molar-refractivity contribution in [2.45, 2.75) is 84.3 Å². The number of aromatic nitrogens is 3. The van der Waals surface area contributed by atoms with Crippen LogP contribution in [0.5, 0.6) is 5.75 Å². The summed E-state index contributed by atoms with van der Waals surface area (Å²) in [6, 6.07) is 17.7. The third-order valence-corrected chi connectivity index (χ3v) is 16.9. The molecule has 2 aromatic heterocycles. The summed E-state index contributed by atoms with van der Waals surface area (Å²) < 4.78 is 45.0. The number of anilines is 2. The first-order valence-electron chi connectivity index (χ1n) is 30.4. The number of hydrogen-bond acceptors (Lipinski definition) is 19. The highest BCUT2D eigenvalue weighted by Gasteiger charge is 2.45. The number of halogens is 2. The lowest BCUT2D eigenvalue weighted by Gasteiger charge is -2.35. The average Bonchev–Trinajstić information content (AvgIpc) is 0.976. The lowest BCUT2D eigenvalue weighted by molar-refractivity contribution is -0.144. The molecule has 4 heterocycles. The molecule has 0 saturated carbocycles. The van der Waals surface area contributed by atoms with E-state index in [2.05, 4.69) is 25.9 Å². The molecule has 2 aliphatic heterocycles. The molecule has 4 amide bonds. The van der Waals surface area contributed by atoms with Gasteiger partial charge in [0.15, 0.2) is 5.82 Å². The van der Waals surface area contributed by atoms with Crippen LogP contribution in [-0.2, 0) is 42.9 Å². The summed E-state index contributed by atoms with van der Waals surface area (Å²) in [5, 5.41) is 42.5. The normalized spacial score (nSPS) is 16.6. The Kier molecular flexibility index (Phi) is 25.2. The van der Waals surface area contributed by atoms with Crippen molar-refractivity contribution in [1.82, 2.24) is 40.3 Å². The van der Waals surface area contributed by atoms with E-state index in [-0.39, 0.29) is 78.4 Å². The van der Waals surface area contributed by atoms with Gasteiger partial charge in [-0.3, -0.25) is 24.1 Å². The van der Waals surface area contributed by atoms with E-state index in [4.69, 9.17) is 40.3 Å². The van der Waals surface area contributed by atoms with E-state index in [9.17, 15) is 34.5 Å². The number of rotatable bonds is 31. The molecule has 90 heavy (non-hydrogen) atoms. The summed E-state index contributed by atoms with van der Waals surface area (Å²) in [6.45, 7) is 13.6. The van der Waals surface area contributed by atoms with Crippen molar-refractivity contribution in [3.63, 3.8) is 0 Å². The number of aryl methyl sites for hydroxylation is 1. The van der Waals surface area contributed by atoms with Crippen molar-refractivity contribution in [3.05, 3.63) is 106 Å². The van der Waals surface area contributed by atoms with E-state index >= 15 is 4.39 Å². The Morgan fingerprint density at radius 1 is 0.867 bits per heavy atom. The molecular weight excluding hydrogens is 1200 g/mol. The summed E-state index contributed by atoms with van der Waals surface area (Å²) in [4.78, 5) is 75.6. The molecule has 6 N–H and O–H groups in total. The minimum atomic E-state index is -0.993. The molecule has 25 heteroatoms. The number of benzene rings is 4. The fourth-order valence-corrected chi connectivity index (χ4v) is 11.8. The number of nitrogens with zero attached hydrogens (tertiary/aromatic N) is 7. The van der Waals surface area contributed by atoms with Gasteiger partial charge in [0.05, 0.1) is 92.7 Å². The first-order chi connectivity index (χ1) is 43.2. The molecule has 2 aliphatic rings. The summed E-state index contributed by atoms with van der Waals surface area (Å²) in [6.07, 6.45) is 2.66. The highest BCUT2D eigenvalue weighted by Crippen LogP contribution is 2.43. The number of piperazine rings is 1. The number of fused-ring (bicyclic) bond motifs is 2. The lowest BCUT2D eigenvalue weighted by atomic mass is 9.85. The largest absolute Gasteiger partial charge is 0.508 e. The Morgan fingerprint density at radius 3 is 2.17 bits per heavy atom. The van der Waals surface area contributed by atoms with Gasteiger partial charge in [0, 0.05) is 63.1 Å². The van der Waals surface area contributed by atoms with Crippen LogP contribution in [0.4, 0.5) is 16.2 Å². The lowest BCUT2D eigenvalue weighted by Crippen LogP contribution is -2.58. The van der Waals surface area contributed by atoms with Gasteiger partial charge in [0.2, 0.25) is 29.6 Å². The number of ether oxygens (including phenoxy) is 5. The van der Waals surface area contributed by atoms with Crippen molar-refractivity contribution >= 4 is 80.0 Å². The molecule has 0 aliphatic carbocycles. The van der Waals surface area contributed by atoms with Crippen LogP contribution in [0.15, 0.2) is 84.4 Å². The molecule has 5 atom stereocenters. The van der Waals surface area contributed by atoms with Crippen LogP contribution in [0.1, 0.15) is 64.3 Å². The van der Waals surface area contributed by atoms with Crippen LogP contribution in [0.3, 0.4) is 0 Å². The van der Waals surface area contributed by atoms with Crippen LogP contribution in [0, 0.1) is 18.2 Å². The van der Waals surface area contributed by atoms with Gasteiger partial charge in [0.25, 0.3) is 0 Å². The second-order valence-electron chi connectivity index (χ2n) is 23.6. The highest BCUT2D eigenvalue weighted by atomic mass is 35.5. The second kappa shape index (κ2) is 32.9. The summed E-state index contributed by atoms with van der Waals surface area (Å²) >= 11 is 8.47. The van der Waals surface area contributed by atoms with Crippen molar-refractivity contribution in [2.24, 2.45) is 5.41 Å².